The number of urea groups is 1. The van der Waals surface area contributed by atoms with Crippen LogP contribution < -0.4 is 16.0 Å². The van der Waals surface area contributed by atoms with Gasteiger partial charge in [0, 0.05) is 43.1 Å². The molecule has 0 aliphatic carbocycles. The van der Waals surface area contributed by atoms with Crippen molar-refractivity contribution in [3.8, 4) is 0 Å². The highest BCUT2D eigenvalue weighted by molar-refractivity contribution is 6.06. The number of nitrogens with zero attached hydrogens (tertiary/aromatic N) is 2. The molecule has 1 aliphatic heterocycles. The first-order valence-electron chi connectivity index (χ1n) is 13.0. The van der Waals surface area contributed by atoms with Gasteiger partial charge in [-0.15, -0.1) is 0 Å². The van der Waals surface area contributed by atoms with E-state index in [1.54, 1.807) is 19.9 Å². The molecule has 5 amide bonds. The van der Waals surface area contributed by atoms with E-state index in [4.69, 9.17) is 0 Å². The third-order valence-electron chi connectivity index (χ3n) is 6.78. The number of hydrogen-bond donors (Lipinski definition) is 4. The average molecular weight is 533 g/mol. The molecule has 0 radical (unpaired) electrons. The second kappa shape index (κ2) is 11.3. The van der Waals surface area contributed by atoms with Gasteiger partial charge in [-0.2, -0.15) is 0 Å². The van der Waals surface area contributed by atoms with E-state index < -0.39 is 5.54 Å². The first-order valence-corrected chi connectivity index (χ1v) is 13.0. The highest BCUT2D eigenvalue weighted by Gasteiger charge is 2.43. The van der Waals surface area contributed by atoms with Crippen LogP contribution in [-0.4, -0.2) is 71.3 Å². The molecule has 2 aromatic carbocycles. The van der Waals surface area contributed by atoms with Crippen LogP contribution in [0.25, 0.3) is 10.9 Å². The van der Waals surface area contributed by atoms with Gasteiger partial charge >= 0.3 is 6.03 Å². The molecule has 1 aromatic heterocycles. The molecule has 0 unspecified atom stereocenters. The number of aromatic nitrogens is 1. The lowest BCUT2D eigenvalue weighted by atomic mass is 10.0. The maximum atomic E-state index is 13.3. The van der Waals surface area contributed by atoms with Gasteiger partial charge in [-0.05, 0) is 81.7 Å². The lowest BCUT2D eigenvalue weighted by Gasteiger charge is -2.16. The van der Waals surface area contributed by atoms with E-state index in [2.05, 4.69) is 25.8 Å². The van der Waals surface area contributed by atoms with Crippen LogP contribution in [0.2, 0.25) is 0 Å². The fourth-order valence-corrected chi connectivity index (χ4v) is 4.73. The smallest absolute Gasteiger partial charge is 0.325 e. The van der Waals surface area contributed by atoms with E-state index in [0.29, 0.717) is 30.8 Å². The van der Waals surface area contributed by atoms with Crippen molar-refractivity contribution in [3.05, 3.63) is 64.8 Å². The summed E-state index contributed by atoms with van der Waals surface area (Å²) in [6.07, 6.45) is 1.17. The highest BCUT2D eigenvalue weighted by Crippen LogP contribution is 2.26. The van der Waals surface area contributed by atoms with Crippen LogP contribution >= 0.6 is 0 Å². The molecule has 206 valence electrons. The summed E-state index contributed by atoms with van der Waals surface area (Å²) in [6.45, 7) is 6.19. The fourth-order valence-electron chi connectivity index (χ4n) is 4.73. The first kappa shape index (κ1) is 27.8. The van der Waals surface area contributed by atoms with Crippen molar-refractivity contribution in [2.45, 2.75) is 45.7 Å². The van der Waals surface area contributed by atoms with Gasteiger partial charge in [-0.3, -0.25) is 19.3 Å². The summed E-state index contributed by atoms with van der Waals surface area (Å²) in [6, 6.07) is 12.9. The van der Waals surface area contributed by atoms with Crippen molar-refractivity contribution in [3.63, 3.8) is 0 Å². The summed E-state index contributed by atoms with van der Waals surface area (Å²) in [7, 11) is 3.98. The van der Waals surface area contributed by atoms with E-state index in [-0.39, 0.29) is 30.3 Å². The summed E-state index contributed by atoms with van der Waals surface area (Å²) in [4.78, 5) is 56.1. The van der Waals surface area contributed by atoms with Gasteiger partial charge in [-0.1, -0.05) is 18.2 Å². The minimum absolute atomic E-state index is 0.154. The Morgan fingerprint density at radius 1 is 1.03 bits per heavy atom. The fraction of sp³-hybridized carbons (Fsp3) is 0.379. The number of anilines is 1. The molecule has 1 saturated heterocycles. The molecule has 10 heteroatoms. The van der Waals surface area contributed by atoms with Crippen LogP contribution in [0.15, 0.2) is 42.5 Å². The summed E-state index contributed by atoms with van der Waals surface area (Å²) >= 11 is 0. The second-order valence-corrected chi connectivity index (χ2v) is 10.7. The van der Waals surface area contributed by atoms with Gasteiger partial charge in [0.05, 0.1) is 0 Å². The van der Waals surface area contributed by atoms with Gasteiger partial charge in [0.1, 0.15) is 11.2 Å². The number of benzene rings is 2. The molecule has 0 bridgehead atoms. The molecule has 0 atom stereocenters. The molecule has 4 rings (SSSR count). The van der Waals surface area contributed by atoms with Crippen molar-refractivity contribution in [1.29, 1.82) is 0 Å². The topological polar surface area (TPSA) is 127 Å². The number of imide groups is 1. The number of nitrogens with one attached hydrogen (secondary N) is 4. The minimum atomic E-state index is -0.894. The van der Waals surface area contributed by atoms with Crippen LogP contribution in [0.3, 0.4) is 0 Å². The first-order chi connectivity index (χ1) is 18.4. The molecule has 0 saturated carbocycles. The molecule has 2 heterocycles. The van der Waals surface area contributed by atoms with E-state index in [1.807, 2.05) is 50.5 Å². The number of H-pyrrole nitrogens is 1. The largest absolute Gasteiger partial charge is 0.350 e. The Morgan fingerprint density at radius 2 is 1.79 bits per heavy atom. The molecular formula is C29H36N6O4. The maximum Gasteiger partial charge on any atom is 0.325 e. The van der Waals surface area contributed by atoms with Crippen molar-refractivity contribution in [2.24, 2.45) is 0 Å². The molecule has 0 spiro atoms. The number of carbonyl (C=O) groups excluding carboxylic acids is 4. The molecule has 3 aromatic rings. The molecule has 4 N–H and O–H groups in total. The molecule has 1 aliphatic rings. The Hall–Kier alpha value is -4.18. The van der Waals surface area contributed by atoms with E-state index in [1.165, 1.54) is 11.8 Å². The van der Waals surface area contributed by atoms with E-state index >= 15 is 0 Å². The van der Waals surface area contributed by atoms with E-state index in [0.717, 1.165) is 34.1 Å². The summed E-state index contributed by atoms with van der Waals surface area (Å²) < 4.78 is 0. The predicted molar refractivity (Wildman–Crippen MR) is 151 cm³/mol. The van der Waals surface area contributed by atoms with Crippen LogP contribution in [0.1, 0.15) is 48.0 Å². The Labute approximate surface area is 228 Å². The third kappa shape index (κ3) is 6.46. The SMILES string of the molecule is CC(=O)Nc1cccc(CNC(=O)c2[nH]c3ccc(CCN4C(=O)NC(C)(C)C4=O)cc3c2CCN(C)C)c1. The van der Waals surface area contributed by atoms with Gasteiger partial charge in [0.15, 0.2) is 0 Å². The van der Waals surface area contributed by atoms with Crippen molar-refractivity contribution in [1.82, 2.24) is 25.4 Å². The summed E-state index contributed by atoms with van der Waals surface area (Å²) in [5, 5.41) is 9.41. The van der Waals surface area contributed by atoms with Crippen LogP contribution in [0, 0.1) is 0 Å². The van der Waals surface area contributed by atoms with Crippen molar-refractivity contribution >= 4 is 40.3 Å². The van der Waals surface area contributed by atoms with Crippen LogP contribution in [0.4, 0.5) is 10.5 Å². The quantitative estimate of drug-likeness (QED) is 0.299. The Kier molecular flexibility index (Phi) is 8.06. The Bertz CT molecular complexity index is 1420. The number of carbonyl (C=O) groups is 4. The zero-order valence-electron chi connectivity index (χ0n) is 23.1. The standard InChI is InChI=1S/C29H36N6O4/c1-18(36)31-21-8-6-7-20(15-21)17-30-26(37)25-22(12-13-34(4)5)23-16-19(9-10-24(23)32-25)11-14-35-27(38)29(2,3)33-28(35)39/h6-10,15-16,32H,11-14,17H2,1-5H3,(H,30,37)(H,31,36)(H,33,39). The number of amides is 5. The van der Waals surface area contributed by atoms with Gasteiger partial charge in [0.25, 0.3) is 11.8 Å². The average Bonchev–Trinajstić information content (AvgIpc) is 3.32. The minimum Gasteiger partial charge on any atom is -0.350 e. The lowest BCUT2D eigenvalue weighted by molar-refractivity contribution is -0.130. The normalized spacial score (nSPS) is 14.7. The summed E-state index contributed by atoms with van der Waals surface area (Å²) in [5.74, 6) is -0.602. The summed E-state index contributed by atoms with van der Waals surface area (Å²) in [5.41, 5.74) is 3.90. The molecule has 1 fully saturated rings. The molecule has 10 nitrogen and oxygen atoms in total. The van der Waals surface area contributed by atoms with Gasteiger partial charge < -0.3 is 25.8 Å². The molecule has 39 heavy (non-hydrogen) atoms. The number of likely N-dealkylation sites (N-methyl/N-ethyl adjacent to an activating group) is 1. The zero-order chi connectivity index (χ0) is 28.3. The lowest BCUT2D eigenvalue weighted by Crippen LogP contribution is -2.40. The maximum absolute atomic E-state index is 13.3. The second-order valence-electron chi connectivity index (χ2n) is 10.7. The number of aromatic amines is 1. The number of fused-ring (bicyclic) bond motifs is 1. The van der Waals surface area contributed by atoms with Crippen molar-refractivity contribution < 1.29 is 19.2 Å². The zero-order valence-corrected chi connectivity index (χ0v) is 23.1. The van der Waals surface area contributed by atoms with Gasteiger partial charge in [-0.25, -0.2) is 4.79 Å². The number of hydrogen-bond acceptors (Lipinski definition) is 5. The predicted octanol–water partition coefficient (Wildman–Crippen LogP) is 3.03. The van der Waals surface area contributed by atoms with E-state index in [9.17, 15) is 19.2 Å². The third-order valence-corrected chi connectivity index (χ3v) is 6.78. The Balaban J connectivity index is 1.54. The van der Waals surface area contributed by atoms with Crippen LogP contribution in [-0.2, 0) is 29.0 Å². The van der Waals surface area contributed by atoms with Crippen molar-refractivity contribution in [2.75, 3.05) is 32.5 Å². The molecular weight excluding hydrogens is 496 g/mol. The number of rotatable bonds is 10. The highest BCUT2D eigenvalue weighted by atomic mass is 16.2. The Morgan fingerprint density at radius 3 is 2.46 bits per heavy atom. The van der Waals surface area contributed by atoms with Gasteiger partial charge in [0.2, 0.25) is 5.91 Å². The monoisotopic (exact) mass is 532 g/mol. The van der Waals surface area contributed by atoms with Crippen LogP contribution in [0.5, 0.6) is 0 Å².